The molecule has 1 aromatic heterocycles. The first-order valence-electron chi connectivity index (χ1n) is 7.83. The number of hydrogen-bond donors (Lipinski definition) is 1. The summed E-state index contributed by atoms with van der Waals surface area (Å²) in [5.74, 6) is 1.39. The third-order valence-electron chi connectivity index (χ3n) is 3.74. The van der Waals surface area contributed by atoms with E-state index in [-0.39, 0.29) is 5.91 Å². The molecule has 0 atom stereocenters. The van der Waals surface area contributed by atoms with Crippen molar-refractivity contribution in [3.8, 4) is 0 Å². The van der Waals surface area contributed by atoms with Gasteiger partial charge in [-0.3, -0.25) is 4.79 Å². The number of benzene rings is 1. The van der Waals surface area contributed by atoms with Crippen LogP contribution in [-0.4, -0.2) is 42.2 Å². The van der Waals surface area contributed by atoms with E-state index in [4.69, 9.17) is 4.74 Å². The number of carbonyl (C=O) groups excluding carboxylic acids is 1. The number of morpholine rings is 1. The number of halogens is 1. The Morgan fingerprint density at radius 2 is 1.96 bits per heavy atom. The van der Waals surface area contributed by atoms with E-state index in [0.29, 0.717) is 31.1 Å². The Hall–Kier alpha value is -1.74. The second-order valence-electron chi connectivity index (χ2n) is 5.57. The molecule has 2 aromatic rings. The van der Waals surface area contributed by atoms with Crippen LogP contribution < -0.4 is 10.2 Å². The van der Waals surface area contributed by atoms with Gasteiger partial charge in [-0.25, -0.2) is 9.97 Å². The number of nitrogens with one attached hydrogen (secondary N) is 1. The van der Waals surface area contributed by atoms with Crippen LogP contribution in [0.4, 0.5) is 5.82 Å². The summed E-state index contributed by atoms with van der Waals surface area (Å²) in [6, 6.07) is 9.42. The topological polar surface area (TPSA) is 67.3 Å². The molecule has 0 radical (unpaired) electrons. The number of ether oxygens (including phenoxy) is 1. The van der Waals surface area contributed by atoms with Gasteiger partial charge in [0.05, 0.1) is 19.8 Å². The zero-order chi connectivity index (χ0) is 16.9. The quantitative estimate of drug-likeness (QED) is 0.742. The molecule has 1 aliphatic rings. The maximum Gasteiger partial charge on any atom is 0.251 e. The maximum absolute atomic E-state index is 12.2. The molecule has 1 N–H and O–H groups in total. The zero-order valence-corrected chi connectivity index (χ0v) is 15.6. The SMILES string of the molecule is Cc1cc(N2CCOCC2)nc(CNC(=O)c2ccc(I)cc2)n1. The summed E-state index contributed by atoms with van der Waals surface area (Å²) < 4.78 is 6.47. The van der Waals surface area contributed by atoms with Crippen LogP contribution in [0.1, 0.15) is 21.9 Å². The Bertz CT molecular complexity index is 715. The second-order valence-corrected chi connectivity index (χ2v) is 6.82. The highest BCUT2D eigenvalue weighted by Crippen LogP contribution is 2.14. The molecular formula is C17H19IN4O2. The molecule has 0 unspecified atom stereocenters. The van der Waals surface area contributed by atoms with Gasteiger partial charge in [-0.15, -0.1) is 0 Å². The zero-order valence-electron chi connectivity index (χ0n) is 13.5. The van der Waals surface area contributed by atoms with Gasteiger partial charge >= 0.3 is 0 Å². The fourth-order valence-electron chi connectivity index (χ4n) is 2.51. The molecule has 0 spiro atoms. The van der Waals surface area contributed by atoms with Crippen molar-refractivity contribution in [3.63, 3.8) is 0 Å². The van der Waals surface area contributed by atoms with Crippen LogP contribution in [0.5, 0.6) is 0 Å². The highest BCUT2D eigenvalue weighted by Gasteiger charge is 2.14. The van der Waals surface area contributed by atoms with Crippen molar-refractivity contribution in [2.24, 2.45) is 0 Å². The number of amides is 1. The van der Waals surface area contributed by atoms with Crippen LogP contribution >= 0.6 is 22.6 Å². The third-order valence-corrected chi connectivity index (χ3v) is 4.45. The first-order valence-corrected chi connectivity index (χ1v) is 8.91. The van der Waals surface area contributed by atoms with E-state index in [9.17, 15) is 4.79 Å². The van der Waals surface area contributed by atoms with E-state index in [0.717, 1.165) is 28.2 Å². The lowest BCUT2D eigenvalue weighted by Crippen LogP contribution is -2.37. The number of carbonyl (C=O) groups is 1. The third kappa shape index (κ3) is 4.41. The van der Waals surface area contributed by atoms with Crippen LogP contribution in [0.15, 0.2) is 30.3 Å². The molecule has 3 rings (SSSR count). The summed E-state index contributed by atoms with van der Waals surface area (Å²) in [5, 5.41) is 2.88. The van der Waals surface area contributed by atoms with Crippen molar-refractivity contribution < 1.29 is 9.53 Å². The Morgan fingerprint density at radius 1 is 1.25 bits per heavy atom. The van der Waals surface area contributed by atoms with E-state index in [2.05, 4.69) is 42.8 Å². The smallest absolute Gasteiger partial charge is 0.251 e. The van der Waals surface area contributed by atoms with Gasteiger partial charge < -0.3 is 15.0 Å². The summed E-state index contributed by atoms with van der Waals surface area (Å²) in [5.41, 5.74) is 1.53. The fourth-order valence-corrected chi connectivity index (χ4v) is 2.87. The molecule has 1 aliphatic heterocycles. The highest BCUT2D eigenvalue weighted by atomic mass is 127. The summed E-state index contributed by atoms with van der Waals surface area (Å²) in [4.78, 5) is 23.4. The molecule has 0 bridgehead atoms. The van der Waals surface area contributed by atoms with Crippen LogP contribution in [0.2, 0.25) is 0 Å². The first-order chi connectivity index (χ1) is 11.6. The Labute approximate surface area is 154 Å². The number of anilines is 1. The fraction of sp³-hybridized carbons (Fsp3) is 0.353. The lowest BCUT2D eigenvalue weighted by atomic mass is 10.2. The standard InChI is InChI=1S/C17H19IN4O2/c1-12-10-16(22-6-8-24-9-7-22)21-15(20-12)11-19-17(23)13-2-4-14(18)5-3-13/h2-5,10H,6-9,11H2,1H3,(H,19,23). The number of nitrogens with zero attached hydrogens (tertiary/aromatic N) is 3. The minimum Gasteiger partial charge on any atom is -0.378 e. The van der Waals surface area contributed by atoms with Crippen LogP contribution in [0, 0.1) is 10.5 Å². The molecular weight excluding hydrogens is 419 g/mol. The van der Waals surface area contributed by atoms with Crippen molar-refractivity contribution in [3.05, 3.63) is 51.0 Å². The van der Waals surface area contributed by atoms with Gasteiger partial charge in [0.1, 0.15) is 11.6 Å². The average Bonchev–Trinajstić information content (AvgIpc) is 2.60. The molecule has 24 heavy (non-hydrogen) atoms. The molecule has 0 saturated carbocycles. The van der Waals surface area contributed by atoms with Gasteiger partial charge in [-0.05, 0) is 53.8 Å². The minimum atomic E-state index is -0.121. The number of aryl methyl sites for hydroxylation is 1. The molecule has 6 nitrogen and oxygen atoms in total. The largest absolute Gasteiger partial charge is 0.378 e. The van der Waals surface area contributed by atoms with E-state index in [1.54, 1.807) is 0 Å². The monoisotopic (exact) mass is 438 g/mol. The van der Waals surface area contributed by atoms with Crippen molar-refractivity contribution in [2.45, 2.75) is 13.5 Å². The van der Waals surface area contributed by atoms with E-state index in [1.165, 1.54) is 0 Å². The van der Waals surface area contributed by atoms with Gasteiger partial charge in [0.25, 0.3) is 5.91 Å². The van der Waals surface area contributed by atoms with Gasteiger partial charge in [0.2, 0.25) is 0 Å². The van der Waals surface area contributed by atoms with Crippen LogP contribution in [-0.2, 0) is 11.3 Å². The first kappa shape index (κ1) is 17.1. The normalized spacial score (nSPS) is 14.5. The van der Waals surface area contributed by atoms with Crippen molar-refractivity contribution >= 4 is 34.3 Å². The van der Waals surface area contributed by atoms with E-state index >= 15 is 0 Å². The summed E-state index contributed by atoms with van der Waals surface area (Å²) in [7, 11) is 0. The molecule has 1 saturated heterocycles. The van der Waals surface area contributed by atoms with Crippen molar-refractivity contribution in [1.29, 1.82) is 0 Å². The molecule has 126 valence electrons. The average molecular weight is 438 g/mol. The lowest BCUT2D eigenvalue weighted by Gasteiger charge is -2.28. The van der Waals surface area contributed by atoms with Gasteiger partial charge in [0, 0.05) is 34.0 Å². The van der Waals surface area contributed by atoms with Gasteiger partial charge in [-0.1, -0.05) is 0 Å². The Kier molecular flexibility index (Phi) is 5.62. The number of rotatable bonds is 4. The molecule has 0 aliphatic carbocycles. The lowest BCUT2D eigenvalue weighted by molar-refractivity contribution is 0.0950. The highest BCUT2D eigenvalue weighted by molar-refractivity contribution is 14.1. The summed E-state index contributed by atoms with van der Waals surface area (Å²) >= 11 is 2.21. The molecule has 7 heteroatoms. The predicted molar refractivity (Wildman–Crippen MR) is 100 cm³/mol. The molecule has 1 fully saturated rings. The second kappa shape index (κ2) is 7.89. The van der Waals surface area contributed by atoms with Crippen LogP contribution in [0.3, 0.4) is 0 Å². The van der Waals surface area contributed by atoms with Gasteiger partial charge in [0.15, 0.2) is 0 Å². The van der Waals surface area contributed by atoms with E-state index < -0.39 is 0 Å². The van der Waals surface area contributed by atoms with Crippen LogP contribution in [0.25, 0.3) is 0 Å². The molecule has 1 amide bonds. The maximum atomic E-state index is 12.2. The van der Waals surface area contributed by atoms with E-state index in [1.807, 2.05) is 37.3 Å². The minimum absolute atomic E-state index is 0.121. The summed E-state index contributed by atoms with van der Waals surface area (Å²) in [6.45, 7) is 5.32. The summed E-state index contributed by atoms with van der Waals surface area (Å²) in [6.07, 6.45) is 0. The number of aromatic nitrogens is 2. The molecule has 1 aromatic carbocycles. The predicted octanol–water partition coefficient (Wildman–Crippen LogP) is 2.16. The van der Waals surface area contributed by atoms with Gasteiger partial charge in [-0.2, -0.15) is 0 Å². The van der Waals surface area contributed by atoms with Crippen molar-refractivity contribution in [2.75, 3.05) is 31.2 Å². The number of hydrogen-bond acceptors (Lipinski definition) is 5. The Morgan fingerprint density at radius 3 is 2.67 bits per heavy atom. The Balaban J connectivity index is 1.67. The van der Waals surface area contributed by atoms with Crippen molar-refractivity contribution in [1.82, 2.24) is 15.3 Å². The molecule has 2 heterocycles.